The zero-order valence-electron chi connectivity index (χ0n) is 6.06. The molecule has 0 amide bonds. The summed E-state index contributed by atoms with van der Waals surface area (Å²) in [7, 11) is -4.36. The largest absolute Gasteiger partial charge is 0.486 e. The molecule has 5 N–H and O–H groups in total. The predicted molar refractivity (Wildman–Crippen MR) is 39.4 cm³/mol. The summed E-state index contributed by atoms with van der Waals surface area (Å²) in [4.78, 5) is 16.4. The molecule has 0 aliphatic carbocycles. The van der Waals surface area contributed by atoms with E-state index >= 15 is 0 Å². The lowest BCUT2D eigenvalue weighted by atomic mass is 10.3. The van der Waals surface area contributed by atoms with Gasteiger partial charge in [0, 0.05) is 6.54 Å². The molecule has 6 nitrogen and oxygen atoms in total. The highest BCUT2D eigenvalue weighted by Crippen LogP contribution is 2.33. The lowest BCUT2D eigenvalue weighted by molar-refractivity contribution is 0.124. The summed E-state index contributed by atoms with van der Waals surface area (Å²) in [5, 5.41) is 0. The van der Waals surface area contributed by atoms with Crippen molar-refractivity contribution >= 4 is 7.82 Å². The predicted octanol–water partition coefficient (Wildman–Crippen LogP) is -0.661. The van der Waals surface area contributed by atoms with Gasteiger partial charge in [0.05, 0.1) is 0 Å². The molecule has 0 rings (SSSR count). The molecule has 0 radical (unpaired) electrons. The highest BCUT2D eigenvalue weighted by atomic mass is 31.2. The van der Waals surface area contributed by atoms with Crippen LogP contribution >= 0.6 is 7.82 Å². The van der Waals surface area contributed by atoms with Crippen LogP contribution in [0, 0.1) is 0 Å². The van der Waals surface area contributed by atoms with Crippen molar-refractivity contribution < 1.29 is 19.0 Å². The third-order valence-corrected chi connectivity index (χ3v) is 1.28. The summed E-state index contributed by atoms with van der Waals surface area (Å²) in [6.07, 6.45) is 1.54. The fourth-order valence-electron chi connectivity index (χ4n) is 0.471. The van der Waals surface area contributed by atoms with Crippen LogP contribution < -0.4 is 11.2 Å². The summed E-state index contributed by atoms with van der Waals surface area (Å²) in [5.74, 6) is 0. The van der Waals surface area contributed by atoms with Crippen molar-refractivity contribution in [2.75, 3.05) is 13.1 Å². The monoisotopic (exact) mass is 184 g/mol. The molecular formula is C4H13N2O4P. The van der Waals surface area contributed by atoms with Crippen LogP contribution in [0.5, 0.6) is 0 Å². The van der Waals surface area contributed by atoms with Gasteiger partial charge in [0.1, 0.15) is 0 Å². The summed E-state index contributed by atoms with van der Waals surface area (Å²) >= 11 is 0. The molecule has 0 aliphatic rings. The van der Waals surface area contributed by atoms with Gasteiger partial charge in [-0.2, -0.15) is 10.1 Å². The van der Waals surface area contributed by atoms with Crippen LogP contribution in [0.25, 0.3) is 0 Å². The number of hydrogen-bond acceptors (Lipinski definition) is 4. The molecule has 0 bridgehead atoms. The van der Waals surface area contributed by atoms with Crippen molar-refractivity contribution in [2.45, 2.75) is 12.8 Å². The number of rotatable bonds is 6. The van der Waals surface area contributed by atoms with E-state index in [0.29, 0.717) is 13.1 Å². The minimum Gasteiger partial charge on any atom is -0.330 e. The van der Waals surface area contributed by atoms with Crippen molar-refractivity contribution in [3.8, 4) is 0 Å². The number of phosphoric acid groups is 1. The Morgan fingerprint density at radius 3 is 2.55 bits per heavy atom. The van der Waals surface area contributed by atoms with Crippen LogP contribution in [0.4, 0.5) is 0 Å². The number of hydrogen-bond donors (Lipinski definition) is 4. The molecule has 0 saturated heterocycles. The zero-order valence-corrected chi connectivity index (χ0v) is 6.96. The van der Waals surface area contributed by atoms with Crippen LogP contribution in [0.3, 0.4) is 0 Å². The first kappa shape index (κ1) is 11.0. The lowest BCUT2D eigenvalue weighted by Crippen LogP contribution is -2.15. The third-order valence-electron chi connectivity index (χ3n) is 0.916. The molecule has 0 saturated carbocycles. The third kappa shape index (κ3) is 10.0. The fourth-order valence-corrected chi connectivity index (χ4v) is 0.731. The van der Waals surface area contributed by atoms with E-state index in [1.165, 1.54) is 0 Å². The van der Waals surface area contributed by atoms with Crippen LogP contribution in [-0.2, 0) is 9.19 Å². The van der Waals surface area contributed by atoms with Crippen molar-refractivity contribution in [3.63, 3.8) is 0 Å². The van der Waals surface area contributed by atoms with Gasteiger partial charge in [-0.3, -0.25) is 0 Å². The molecule has 0 unspecified atom stereocenters. The van der Waals surface area contributed by atoms with E-state index in [-0.39, 0.29) is 0 Å². The summed E-state index contributed by atoms with van der Waals surface area (Å²) in [6, 6.07) is 0. The SMILES string of the molecule is NCCCCNOP(=O)(O)O. The van der Waals surface area contributed by atoms with Gasteiger partial charge < -0.3 is 15.5 Å². The molecule has 0 aromatic rings. The smallest absolute Gasteiger partial charge is 0.330 e. The van der Waals surface area contributed by atoms with Crippen molar-refractivity contribution in [2.24, 2.45) is 5.73 Å². The molecule has 0 spiro atoms. The van der Waals surface area contributed by atoms with E-state index in [9.17, 15) is 4.57 Å². The lowest BCUT2D eigenvalue weighted by Gasteiger charge is -2.04. The van der Waals surface area contributed by atoms with Crippen LogP contribution in [0.1, 0.15) is 12.8 Å². The summed E-state index contributed by atoms with van der Waals surface area (Å²) in [5.41, 5.74) is 7.32. The van der Waals surface area contributed by atoms with Gasteiger partial charge in [0.25, 0.3) is 0 Å². The maximum absolute atomic E-state index is 10.0. The molecule has 0 heterocycles. The highest BCUT2D eigenvalue weighted by molar-refractivity contribution is 7.46. The Bertz CT molecular complexity index is 136. The summed E-state index contributed by atoms with van der Waals surface area (Å²) in [6.45, 7) is 0.958. The maximum atomic E-state index is 10.0. The van der Waals surface area contributed by atoms with Gasteiger partial charge >= 0.3 is 7.82 Å². The normalized spacial score (nSPS) is 11.9. The summed E-state index contributed by atoms with van der Waals surface area (Å²) < 4.78 is 14.0. The Morgan fingerprint density at radius 2 is 2.09 bits per heavy atom. The minimum absolute atomic E-state index is 0.391. The Morgan fingerprint density at radius 1 is 1.45 bits per heavy atom. The molecule has 0 fully saturated rings. The maximum Gasteiger partial charge on any atom is 0.486 e. The second kappa shape index (κ2) is 5.65. The van der Waals surface area contributed by atoms with E-state index in [2.05, 4.69) is 10.1 Å². The van der Waals surface area contributed by atoms with Crippen LogP contribution in [-0.4, -0.2) is 22.9 Å². The molecule has 0 atom stereocenters. The molecular weight excluding hydrogens is 171 g/mol. The van der Waals surface area contributed by atoms with E-state index in [0.717, 1.165) is 12.8 Å². The molecule has 0 aromatic carbocycles. The Labute approximate surface area is 64.9 Å². The average molecular weight is 184 g/mol. The molecule has 7 heteroatoms. The Kier molecular flexibility index (Phi) is 5.67. The van der Waals surface area contributed by atoms with Crippen LogP contribution in [0.2, 0.25) is 0 Å². The molecule has 68 valence electrons. The van der Waals surface area contributed by atoms with E-state index < -0.39 is 7.82 Å². The standard InChI is InChI=1S/C4H13N2O4P/c5-3-1-2-4-6-10-11(7,8)9/h6H,1-5H2,(H2,7,8,9). The zero-order chi connectivity index (χ0) is 8.74. The number of hydroxylamine groups is 1. The fraction of sp³-hybridized carbons (Fsp3) is 1.00. The van der Waals surface area contributed by atoms with Gasteiger partial charge in [0.15, 0.2) is 0 Å². The number of unbranched alkanes of at least 4 members (excludes halogenated alkanes) is 1. The molecule has 11 heavy (non-hydrogen) atoms. The average Bonchev–Trinajstić information content (AvgIpc) is 1.85. The first-order valence-electron chi connectivity index (χ1n) is 3.23. The number of nitrogens with two attached hydrogens (primary N) is 1. The molecule has 0 aromatic heterocycles. The first-order chi connectivity index (χ1) is 5.06. The van der Waals surface area contributed by atoms with Crippen molar-refractivity contribution in [1.29, 1.82) is 0 Å². The first-order valence-corrected chi connectivity index (χ1v) is 4.76. The van der Waals surface area contributed by atoms with Gasteiger partial charge in [-0.15, -0.1) is 0 Å². The number of nitrogens with one attached hydrogen (secondary N) is 1. The topological polar surface area (TPSA) is 105 Å². The van der Waals surface area contributed by atoms with E-state index in [1.807, 2.05) is 0 Å². The van der Waals surface area contributed by atoms with E-state index in [1.54, 1.807) is 0 Å². The van der Waals surface area contributed by atoms with Gasteiger partial charge in [-0.25, -0.2) is 4.57 Å². The molecule has 0 aliphatic heterocycles. The minimum atomic E-state index is -4.36. The Balaban J connectivity index is 3.09. The van der Waals surface area contributed by atoms with Crippen molar-refractivity contribution in [1.82, 2.24) is 5.48 Å². The van der Waals surface area contributed by atoms with Crippen LogP contribution in [0.15, 0.2) is 0 Å². The Hall–Kier alpha value is 0.0300. The van der Waals surface area contributed by atoms with Gasteiger partial charge in [0.2, 0.25) is 0 Å². The second-order valence-corrected chi connectivity index (χ2v) is 3.14. The second-order valence-electron chi connectivity index (χ2n) is 1.97. The highest BCUT2D eigenvalue weighted by Gasteiger charge is 2.12. The van der Waals surface area contributed by atoms with E-state index in [4.69, 9.17) is 15.5 Å². The quantitative estimate of drug-likeness (QED) is 0.248. The van der Waals surface area contributed by atoms with Gasteiger partial charge in [-0.05, 0) is 19.4 Å². The van der Waals surface area contributed by atoms with Gasteiger partial charge in [-0.1, -0.05) is 0 Å². The van der Waals surface area contributed by atoms with Crippen molar-refractivity contribution in [3.05, 3.63) is 0 Å².